The topological polar surface area (TPSA) is 64.1 Å². The lowest BCUT2D eigenvalue weighted by Crippen LogP contribution is -2.13. The van der Waals surface area contributed by atoms with Gasteiger partial charge in [0.25, 0.3) is 0 Å². The molecule has 1 heterocycles. The molecule has 0 aliphatic rings. The van der Waals surface area contributed by atoms with E-state index in [-0.39, 0.29) is 28.3 Å². The molecule has 0 fully saturated rings. The fourth-order valence-electron chi connectivity index (χ4n) is 1.32. The lowest BCUT2D eigenvalue weighted by atomic mass is 10.3. The summed E-state index contributed by atoms with van der Waals surface area (Å²) in [6.07, 6.45) is 2.96. The molecule has 8 heteroatoms. The van der Waals surface area contributed by atoms with E-state index in [0.717, 1.165) is 6.07 Å². The number of carbonyl (C=O) groups is 1. The highest BCUT2D eigenvalue weighted by molar-refractivity contribution is 6.32. The largest absolute Gasteiger partial charge is 0.423 e. The minimum Gasteiger partial charge on any atom is -0.423 e. The number of benzene rings is 1. The number of aromatic nitrogens is 2. The van der Waals surface area contributed by atoms with Crippen LogP contribution < -0.4 is 10.1 Å². The van der Waals surface area contributed by atoms with Crippen molar-refractivity contribution < 1.29 is 13.9 Å². The summed E-state index contributed by atoms with van der Waals surface area (Å²) in [5.74, 6) is -1.42. The lowest BCUT2D eigenvalue weighted by molar-refractivity contribution is -0.113. The fourth-order valence-corrected chi connectivity index (χ4v) is 1.58. The second-order valence-corrected chi connectivity index (χ2v) is 4.25. The smallest absolute Gasteiger partial charge is 0.321 e. The van der Waals surface area contributed by atoms with Gasteiger partial charge in [0.1, 0.15) is 11.7 Å². The maximum atomic E-state index is 13.6. The van der Waals surface area contributed by atoms with Gasteiger partial charge >= 0.3 is 6.01 Å². The minimum atomic E-state index is -0.699. The van der Waals surface area contributed by atoms with Crippen LogP contribution in [0.1, 0.15) is 0 Å². The zero-order chi connectivity index (χ0) is 14.5. The number of alkyl halides is 1. The molecular weight excluding hydrogens is 308 g/mol. The molecule has 0 radical (unpaired) electrons. The molecule has 0 bridgehead atoms. The Morgan fingerprint density at radius 1 is 1.35 bits per heavy atom. The molecule has 0 aliphatic heterocycles. The van der Waals surface area contributed by atoms with Gasteiger partial charge in [-0.2, -0.15) is 0 Å². The molecule has 104 valence electrons. The van der Waals surface area contributed by atoms with E-state index in [1.807, 2.05) is 0 Å². The molecule has 1 amide bonds. The third-order valence-corrected chi connectivity index (χ3v) is 2.70. The van der Waals surface area contributed by atoms with Crippen molar-refractivity contribution in [2.75, 3.05) is 11.2 Å². The predicted molar refractivity (Wildman–Crippen MR) is 72.9 cm³/mol. The number of hydrogen-bond acceptors (Lipinski definition) is 4. The van der Waals surface area contributed by atoms with Gasteiger partial charge in [0, 0.05) is 18.5 Å². The molecule has 0 saturated carbocycles. The van der Waals surface area contributed by atoms with Gasteiger partial charge in [0.2, 0.25) is 5.91 Å². The van der Waals surface area contributed by atoms with Crippen molar-refractivity contribution in [2.45, 2.75) is 0 Å². The Kier molecular flexibility index (Phi) is 4.70. The Labute approximate surface area is 123 Å². The SMILES string of the molecule is O=C(CCl)Nc1cc(Oc2ncccn2)c(Cl)cc1F. The van der Waals surface area contributed by atoms with Gasteiger partial charge in [-0.1, -0.05) is 11.6 Å². The average molecular weight is 316 g/mol. The highest BCUT2D eigenvalue weighted by atomic mass is 35.5. The third-order valence-electron chi connectivity index (χ3n) is 2.16. The van der Waals surface area contributed by atoms with E-state index in [0.29, 0.717) is 0 Å². The highest BCUT2D eigenvalue weighted by Crippen LogP contribution is 2.32. The number of ether oxygens (including phenoxy) is 1. The summed E-state index contributed by atoms with van der Waals surface area (Å²) >= 11 is 11.2. The highest BCUT2D eigenvalue weighted by Gasteiger charge is 2.13. The van der Waals surface area contributed by atoms with Gasteiger partial charge in [-0.15, -0.1) is 11.6 Å². The maximum Gasteiger partial charge on any atom is 0.321 e. The van der Waals surface area contributed by atoms with E-state index in [1.165, 1.54) is 18.5 Å². The molecule has 1 aromatic carbocycles. The first-order chi connectivity index (χ1) is 9.60. The van der Waals surface area contributed by atoms with Crippen LogP contribution in [0, 0.1) is 5.82 Å². The molecular formula is C12H8Cl2FN3O2. The normalized spacial score (nSPS) is 10.2. The van der Waals surface area contributed by atoms with E-state index < -0.39 is 11.7 Å². The number of hydrogen-bond donors (Lipinski definition) is 1. The molecule has 0 spiro atoms. The van der Waals surface area contributed by atoms with Gasteiger partial charge in [0.05, 0.1) is 10.7 Å². The Balaban J connectivity index is 2.29. The van der Waals surface area contributed by atoms with Crippen LogP contribution in [0.2, 0.25) is 5.02 Å². The van der Waals surface area contributed by atoms with Crippen molar-refractivity contribution in [1.29, 1.82) is 0 Å². The quantitative estimate of drug-likeness (QED) is 0.880. The Hall–Kier alpha value is -1.92. The van der Waals surface area contributed by atoms with Crippen molar-refractivity contribution in [3.8, 4) is 11.8 Å². The van der Waals surface area contributed by atoms with Crippen LogP contribution in [0.25, 0.3) is 0 Å². The first-order valence-corrected chi connectivity index (χ1v) is 6.31. The Bertz CT molecular complexity index is 626. The summed E-state index contributed by atoms with van der Waals surface area (Å²) in [5, 5.41) is 2.31. The van der Waals surface area contributed by atoms with Crippen molar-refractivity contribution in [3.63, 3.8) is 0 Å². The first-order valence-electron chi connectivity index (χ1n) is 5.40. The molecule has 1 aromatic heterocycles. The molecule has 2 rings (SSSR count). The Morgan fingerprint density at radius 3 is 2.70 bits per heavy atom. The van der Waals surface area contributed by atoms with E-state index in [1.54, 1.807) is 6.07 Å². The van der Waals surface area contributed by atoms with Gasteiger partial charge < -0.3 is 10.1 Å². The lowest BCUT2D eigenvalue weighted by Gasteiger charge is -2.10. The van der Waals surface area contributed by atoms with Crippen molar-refractivity contribution in [2.24, 2.45) is 0 Å². The van der Waals surface area contributed by atoms with Crippen molar-refractivity contribution in [1.82, 2.24) is 9.97 Å². The van der Waals surface area contributed by atoms with E-state index in [2.05, 4.69) is 15.3 Å². The molecule has 1 N–H and O–H groups in total. The summed E-state index contributed by atoms with van der Waals surface area (Å²) in [7, 11) is 0. The van der Waals surface area contributed by atoms with E-state index in [9.17, 15) is 9.18 Å². The zero-order valence-electron chi connectivity index (χ0n) is 9.94. The van der Waals surface area contributed by atoms with Gasteiger partial charge in [-0.25, -0.2) is 14.4 Å². The number of halogens is 3. The number of nitrogens with zero attached hydrogens (tertiary/aromatic N) is 2. The molecule has 0 aliphatic carbocycles. The second-order valence-electron chi connectivity index (χ2n) is 3.58. The van der Waals surface area contributed by atoms with Gasteiger partial charge in [0.15, 0.2) is 5.75 Å². The number of rotatable bonds is 4. The summed E-state index contributed by atoms with van der Waals surface area (Å²) in [6.45, 7) is 0. The Morgan fingerprint density at radius 2 is 2.05 bits per heavy atom. The van der Waals surface area contributed by atoms with E-state index in [4.69, 9.17) is 27.9 Å². The van der Waals surface area contributed by atoms with Crippen LogP contribution in [0.5, 0.6) is 11.8 Å². The van der Waals surface area contributed by atoms with Gasteiger partial charge in [-0.3, -0.25) is 4.79 Å². The van der Waals surface area contributed by atoms with Crippen LogP contribution in [0.15, 0.2) is 30.6 Å². The maximum absolute atomic E-state index is 13.6. The minimum absolute atomic E-state index is 0.0267. The van der Waals surface area contributed by atoms with Crippen LogP contribution in [0.3, 0.4) is 0 Å². The van der Waals surface area contributed by atoms with Crippen molar-refractivity contribution >= 4 is 34.8 Å². The fraction of sp³-hybridized carbons (Fsp3) is 0.0833. The third kappa shape index (κ3) is 3.55. The van der Waals surface area contributed by atoms with Crippen LogP contribution in [0.4, 0.5) is 10.1 Å². The summed E-state index contributed by atoms with van der Waals surface area (Å²) in [4.78, 5) is 18.9. The average Bonchev–Trinajstić information content (AvgIpc) is 2.45. The monoisotopic (exact) mass is 315 g/mol. The summed E-state index contributed by atoms with van der Waals surface area (Å²) in [5.41, 5.74) is -0.0917. The molecule has 2 aromatic rings. The number of carbonyl (C=O) groups excluding carboxylic acids is 1. The molecule has 0 atom stereocenters. The predicted octanol–water partition coefficient (Wildman–Crippen LogP) is 3.24. The molecule has 0 saturated heterocycles. The summed E-state index contributed by atoms with van der Waals surface area (Å²) < 4.78 is 19.0. The van der Waals surface area contributed by atoms with Crippen LogP contribution >= 0.6 is 23.2 Å². The van der Waals surface area contributed by atoms with Crippen LogP contribution in [-0.4, -0.2) is 21.8 Å². The number of amides is 1. The molecule has 5 nitrogen and oxygen atoms in total. The second kappa shape index (κ2) is 6.49. The van der Waals surface area contributed by atoms with E-state index >= 15 is 0 Å². The van der Waals surface area contributed by atoms with Gasteiger partial charge in [-0.05, 0) is 12.1 Å². The first kappa shape index (κ1) is 14.5. The summed E-state index contributed by atoms with van der Waals surface area (Å²) in [6, 6.07) is 3.92. The standard InChI is InChI=1S/C12H8Cl2FN3O2/c13-6-11(19)18-9-5-10(7(14)4-8(9)15)20-12-16-2-1-3-17-12/h1-5H,6H2,(H,18,19). The molecule has 20 heavy (non-hydrogen) atoms. The molecule has 0 unspecified atom stereocenters. The number of nitrogens with one attached hydrogen (secondary N) is 1. The van der Waals surface area contributed by atoms with Crippen molar-refractivity contribution in [3.05, 3.63) is 41.4 Å². The van der Waals surface area contributed by atoms with Crippen LogP contribution in [-0.2, 0) is 4.79 Å². The zero-order valence-corrected chi connectivity index (χ0v) is 11.5. The number of anilines is 1.